The molecule has 0 spiro atoms. The summed E-state index contributed by atoms with van der Waals surface area (Å²) < 4.78 is 0. The van der Waals surface area contributed by atoms with Crippen LogP contribution in [-0.4, -0.2) is 16.3 Å². The molecule has 2 aromatic rings. The fraction of sp³-hybridized carbons (Fsp3) is 0.214. The summed E-state index contributed by atoms with van der Waals surface area (Å²) in [6.07, 6.45) is 1.65. The van der Waals surface area contributed by atoms with Gasteiger partial charge in [-0.3, -0.25) is 5.43 Å². The third-order valence-corrected chi connectivity index (χ3v) is 3.84. The highest BCUT2D eigenvalue weighted by atomic mass is 32.1. The van der Waals surface area contributed by atoms with E-state index >= 15 is 0 Å². The molecule has 0 bridgehead atoms. The van der Waals surface area contributed by atoms with Crippen molar-refractivity contribution in [1.29, 1.82) is 0 Å². The molecule has 6 heteroatoms. The van der Waals surface area contributed by atoms with Crippen molar-refractivity contribution in [1.82, 2.24) is 10.4 Å². The maximum atomic E-state index is 5.21. The first kappa shape index (κ1) is 14.6. The molecule has 0 aliphatic heterocycles. The van der Waals surface area contributed by atoms with Crippen molar-refractivity contribution in [2.75, 3.05) is 5.32 Å². The van der Waals surface area contributed by atoms with Gasteiger partial charge in [0.25, 0.3) is 0 Å². The van der Waals surface area contributed by atoms with Crippen LogP contribution in [0.15, 0.2) is 28.7 Å². The van der Waals surface area contributed by atoms with Crippen molar-refractivity contribution in [2.24, 2.45) is 5.10 Å². The van der Waals surface area contributed by atoms with Gasteiger partial charge in [-0.05, 0) is 50.2 Å². The minimum absolute atomic E-state index is 0.460. The van der Waals surface area contributed by atoms with Gasteiger partial charge in [-0.25, -0.2) is 4.98 Å². The molecular formula is C14H16N4S2. The zero-order valence-corrected chi connectivity index (χ0v) is 13.2. The van der Waals surface area contributed by atoms with Crippen molar-refractivity contribution in [2.45, 2.75) is 20.8 Å². The largest absolute Gasteiger partial charge is 0.331 e. The Morgan fingerprint density at radius 2 is 2.15 bits per heavy atom. The Kier molecular flexibility index (Phi) is 4.81. The van der Waals surface area contributed by atoms with Crippen LogP contribution in [0.4, 0.5) is 5.69 Å². The van der Waals surface area contributed by atoms with E-state index < -0.39 is 0 Å². The second-order valence-electron chi connectivity index (χ2n) is 4.36. The van der Waals surface area contributed by atoms with Crippen LogP contribution < -0.4 is 10.7 Å². The van der Waals surface area contributed by atoms with Crippen LogP contribution >= 0.6 is 23.6 Å². The van der Waals surface area contributed by atoms with E-state index in [0.717, 1.165) is 16.4 Å². The minimum Gasteiger partial charge on any atom is -0.331 e. The lowest BCUT2D eigenvalue weighted by molar-refractivity contribution is 1.05. The number of anilines is 1. The fourth-order valence-corrected chi connectivity index (χ4v) is 2.36. The number of nitrogens with zero attached hydrogens (tertiary/aromatic N) is 2. The van der Waals surface area contributed by atoms with Gasteiger partial charge in [0.2, 0.25) is 0 Å². The van der Waals surface area contributed by atoms with Gasteiger partial charge in [-0.15, -0.1) is 11.3 Å². The number of aromatic nitrogens is 1. The van der Waals surface area contributed by atoms with Gasteiger partial charge in [0.05, 0.1) is 16.9 Å². The van der Waals surface area contributed by atoms with Crippen LogP contribution in [0.25, 0.3) is 0 Å². The zero-order chi connectivity index (χ0) is 14.5. The molecule has 0 saturated heterocycles. The first-order valence-corrected chi connectivity index (χ1v) is 7.43. The molecule has 1 aromatic heterocycles. The number of thiocarbonyl (C=S) groups is 1. The van der Waals surface area contributed by atoms with Crippen molar-refractivity contribution in [3.8, 4) is 0 Å². The van der Waals surface area contributed by atoms with Gasteiger partial charge in [0, 0.05) is 11.1 Å². The van der Waals surface area contributed by atoms with E-state index in [1.807, 2.05) is 24.4 Å². The molecule has 4 nitrogen and oxygen atoms in total. The normalized spacial score (nSPS) is 10.8. The Balaban J connectivity index is 1.93. The van der Waals surface area contributed by atoms with E-state index in [1.165, 1.54) is 11.1 Å². The maximum absolute atomic E-state index is 5.21. The quantitative estimate of drug-likeness (QED) is 0.518. The maximum Gasteiger partial charge on any atom is 0.191 e. The molecule has 2 N–H and O–H groups in total. The predicted octanol–water partition coefficient (Wildman–Crippen LogP) is 3.39. The predicted molar refractivity (Wildman–Crippen MR) is 89.7 cm³/mol. The second kappa shape index (κ2) is 6.58. The van der Waals surface area contributed by atoms with Gasteiger partial charge >= 0.3 is 0 Å². The zero-order valence-electron chi connectivity index (χ0n) is 11.6. The molecule has 0 saturated carbocycles. The molecule has 1 heterocycles. The summed E-state index contributed by atoms with van der Waals surface area (Å²) in [6, 6.07) is 6.05. The lowest BCUT2D eigenvalue weighted by Crippen LogP contribution is -2.24. The Morgan fingerprint density at radius 1 is 1.35 bits per heavy atom. The number of thiazole rings is 1. The molecule has 0 aliphatic rings. The average molecular weight is 304 g/mol. The summed E-state index contributed by atoms with van der Waals surface area (Å²) in [6.45, 7) is 6.09. The Labute approximate surface area is 127 Å². The van der Waals surface area contributed by atoms with Crippen molar-refractivity contribution in [3.63, 3.8) is 0 Å². The smallest absolute Gasteiger partial charge is 0.191 e. The van der Waals surface area contributed by atoms with E-state index in [4.69, 9.17) is 12.2 Å². The first-order valence-electron chi connectivity index (χ1n) is 6.14. The topological polar surface area (TPSA) is 49.3 Å². The van der Waals surface area contributed by atoms with E-state index in [1.54, 1.807) is 17.6 Å². The number of hydrazone groups is 1. The molecule has 2 rings (SSSR count). The third kappa shape index (κ3) is 3.85. The number of aryl methyl sites for hydroxylation is 2. The summed E-state index contributed by atoms with van der Waals surface area (Å²) in [5.41, 5.74) is 7.00. The van der Waals surface area contributed by atoms with Gasteiger partial charge in [0.15, 0.2) is 5.11 Å². The Bertz CT molecular complexity index is 646. The summed E-state index contributed by atoms with van der Waals surface area (Å²) in [4.78, 5) is 4.28. The third-order valence-electron chi connectivity index (χ3n) is 2.85. The second-order valence-corrected chi connectivity index (χ2v) is 5.83. The van der Waals surface area contributed by atoms with Crippen molar-refractivity contribution < 1.29 is 0 Å². The van der Waals surface area contributed by atoms with E-state index in [0.29, 0.717) is 5.11 Å². The molecule has 0 amide bonds. The molecule has 0 unspecified atom stereocenters. The summed E-state index contributed by atoms with van der Waals surface area (Å²) >= 11 is 6.80. The monoisotopic (exact) mass is 304 g/mol. The van der Waals surface area contributed by atoms with Crippen LogP contribution in [0.3, 0.4) is 0 Å². The van der Waals surface area contributed by atoms with Gasteiger partial charge in [-0.2, -0.15) is 5.10 Å². The highest BCUT2D eigenvalue weighted by Crippen LogP contribution is 2.17. The van der Waals surface area contributed by atoms with E-state index in [-0.39, 0.29) is 0 Å². The minimum atomic E-state index is 0.460. The SMILES string of the molecule is Cc1nc(/C=N\NC(=S)Nc2cccc(C)c2C)cs1. The summed E-state index contributed by atoms with van der Waals surface area (Å²) in [5.74, 6) is 0. The number of hydrogen-bond donors (Lipinski definition) is 2. The van der Waals surface area contributed by atoms with E-state index in [9.17, 15) is 0 Å². The fourth-order valence-electron chi connectivity index (χ4n) is 1.63. The standard InChI is InChI=1S/C14H16N4S2/c1-9-5-4-6-13(10(9)2)17-14(19)18-15-7-12-8-20-11(3)16-12/h4-8H,1-3H3,(H2,17,18,19)/b15-7-. The number of benzene rings is 1. The van der Waals surface area contributed by atoms with Crippen molar-refractivity contribution in [3.05, 3.63) is 45.4 Å². The number of nitrogens with one attached hydrogen (secondary N) is 2. The first-order chi connectivity index (χ1) is 9.56. The molecular weight excluding hydrogens is 288 g/mol. The van der Waals surface area contributed by atoms with Crippen LogP contribution in [0.1, 0.15) is 21.8 Å². The van der Waals surface area contributed by atoms with Crippen LogP contribution in [-0.2, 0) is 0 Å². The average Bonchev–Trinajstić information content (AvgIpc) is 2.81. The molecule has 0 aliphatic carbocycles. The molecule has 0 fully saturated rings. The molecule has 20 heavy (non-hydrogen) atoms. The molecule has 0 atom stereocenters. The van der Waals surface area contributed by atoms with Crippen LogP contribution in [0, 0.1) is 20.8 Å². The molecule has 104 valence electrons. The number of rotatable bonds is 3. The molecule has 1 aromatic carbocycles. The van der Waals surface area contributed by atoms with Gasteiger partial charge in [0.1, 0.15) is 0 Å². The van der Waals surface area contributed by atoms with E-state index in [2.05, 4.69) is 40.7 Å². The highest BCUT2D eigenvalue weighted by molar-refractivity contribution is 7.80. The van der Waals surface area contributed by atoms with Crippen LogP contribution in [0.5, 0.6) is 0 Å². The van der Waals surface area contributed by atoms with Crippen molar-refractivity contribution >= 4 is 40.6 Å². The van der Waals surface area contributed by atoms with Crippen LogP contribution in [0.2, 0.25) is 0 Å². The van der Waals surface area contributed by atoms with Gasteiger partial charge < -0.3 is 5.32 Å². The highest BCUT2D eigenvalue weighted by Gasteiger charge is 2.02. The summed E-state index contributed by atoms with van der Waals surface area (Å²) in [5, 5.41) is 10.6. The van der Waals surface area contributed by atoms with Gasteiger partial charge in [-0.1, -0.05) is 12.1 Å². The lowest BCUT2D eigenvalue weighted by Gasteiger charge is -2.11. The molecule has 0 radical (unpaired) electrons. The lowest BCUT2D eigenvalue weighted by atomic mass is 10.1. The Morgan fingerprint density at radius 3 is 2.85 bits per heavy atom. The Hall–Kier alpha value is -1.79. The summed E-state index contributed by atoms with van der Waals surface area (Å²) in [7, 11) is 0. The number of hydrogen-bond acceptors (Lipinski definition) is 4.